The summed E-state index contributed by atoms with van der Waals surface area (Å²) < 4.78 is 0. The Morgan fingerprint density at radius 2 is 0.750 bits per heavy atom. The van der Waals surface area contributed by atoms with E-state index in [4.69, 9.17) is 5.26 Å². The Balaban J connectivity index is 0.000000216. The third-order valence-electron chi connectivity index (χ3n) is 7.06. The molecule has 1 radical (unpaired) electrons. The molecule has 0 amide bonds. The minimum atomic E-state index is 0. The van der Waals surface area contributed by atoms with Crippen LogP contribution in [-0.2, 0) is 19.5 Å². The van der Waals surface area contributed by atoms with Crippen molar-refractivity contribution in [3.05, 3.63) is 144 Å². The van der Waals surface area contributed by atoms with Gasteiger partial charge >= 0.3 is 19.5 Å². The van der Waals surface area contributed by atoms with E-state index in [0.717, 1.165) is 45.0 Å². The van der Waals surface area contributed by atoms with E-state index in [0.29, 0.717) is 0 Å². The first kappa shape index (κ1) is 33.7. The number of benzene rings is 4. The normalized spacial score (nSPS) is 9.73. The van der Waals surface area contributed by atoms with E-state index in [1.54, 1.807) is 18.7 Å². The van der Waals surface area contributed by atoms with Crippen molar-refractivity contribution in [3.8, 4) is 51.1 Å². The van der Waals surface area contributed by atoms with Gasteiger partial charge in [-0.05, 0) is 38.8 Å². The summed E-state index contributed by atoms with van der Waals surface area (Å²) in [5.74, 6) is 0. The topological polar surface area (TPSA) is 75.3 Å². The largest absolute Gasteiger partial charge is 3.00 e. The molecule has 5 nitrogen and oxygen atoms in total. The Labute approximate surface area is 273 Å². The number of nitrogens with zero attached hydrogens (tertiary/aromatic N) is 5. The third-order valence-corrected chi connectivity index (χ3v) is 7.06. The maximum Gasteiger partial charge on any atom is 3.00 e. The van der Waals surface area contributed by atoms with Gasteiger partial charge in [-0.25, -0.2) is 19.9 Å². The molecule has 0 fully saturated rings. The Morgan fingerprint density at radius 3 is 1.09 bits per heavy atom. The van der Waals surface area contributed by atoms with E-state index in [1.807, 2.05) is 60.7 Å². The van der Waals surface area contributed by atoms with Crippen LogP contribution in [0, 0.1) is 39.0 Å². The zero-order valence-electron chi connectivity index (χ0n) is 25.6. The summed E-state index contributed by atoms with van der Waals surface area (Å²) >= 11 is 0. The van der Waals surface area contributed by atoms with Crippen LogP contribution >= 0.6 is 0 Å². The minimum absolute atomic E-state index is 0. The van der Waals surface area contributed by atoms with E-state index in [2.05, 4.69) is 96.2 Å². The second-order valence-electron chi connectivity index (χ2n) is 9.98. The number of hydrogen-bond donors (Lipinski definition) is 0. The second-order valence-corrected chi connectivity index (χ2v) is 9.98. The van der Waals surface area contributed by atoms with Crippen LogP contribution in [0.4, 0.5) is 0 Å². The molecule has 6 aromatic rings. The second kappa shape index (κ2) is 16.7. The quantitative estimate of drug-likeness (QED) is 0.176. The van der Waals surface area contributed by atoms with Crippen molar-refractivity contribution >= 4 is 0 Å². The molecule has 6 rings (SSSR count). The van der Waals surface area contributed by atoms with Crippen LogP contribution in [0.3, 0.4) is 0 Å². The molecule has 6 heteroatoms. The maximum absolute atomic E-state index is 7.32. The molecule has 0 bridgehead atoms. The molecule has 0 spiro atoms. The molecule has 0 saturated carbocycles. The molecule has 44 heavy (non-hydrogen) atoms. The molecular weight excluding hydrogens is 628 g/mol. The number of aromatic nitrogens is 4. The zero-order valence-corrected chi connectivity index (χ0v) is 27.4. The Morgan fingerprint density at radius 1 is 0.455 bits per heavy atom. The predicted octanol–water partition coefficient (Wildman–Crippen LogP) is 9.38. The summed E-state index contributed by atoms with van der Waals surface area (Å²) in [5, 5.41) is 7.32. The fraction of sp³-hybridized carbons (Fsp3) is 0.132. The summed E-state index contributed by atoms with van der Waals surface area (Å²) in [5.41, 5.74) is 13.3. The van der Waals surface area contributed by atoms with E-state index in [1.165, 1.54) is 29.2 Å². The fourth-order valence-corrected chi connectivity index (χ4v) is 4.89. The van der Waals surface area contributed by atoms with Crippen molar-refractivity contribution < 1.29 is 19.5 Å². The van der Waals surface area contributed by atoms with Gasteiger partial charge in [-0.1, -0.05) is 109 Å². The molecule has 2 aromatic heterocycles. The molecule has 0 aliphatic carbocycles. The van der Waals surface area contributed by atoms with Crippen molar-refractivity contribution in [2.75, 3.05) is 0 Å². The van der Waals surface area contributed by atoms with Crippen molar-refractivity contribution in [2.24, 2.45) is 0 Å². The van der Waals surface area contributed by atoms with Gasteiger partial charge in [0.1, 0.15) is 12.7 Å². The fourth-order valence-electron chi connectivity index (χ4n) is 4.89. The molecule has 0 saturated heterocycles. The predicted molar refractivity (Wildman–Crippen MR) is 176 cm³/mol. The molecule has 0 N–H and O–H groups in total. The van der Waals surface area contributed by atoms with Gasteiger partial charge in [-0.2, -0.15) is 5.26 Å². The van der Waals surface area contributed by atoms with Gasteiger partial charge in [0.05, 0.1) is 28.8 Å². The summed E-state index contributed by atoms with van der Waals surface area (Å²) in [6.45, 7) is 9.83. The standard InChI is InChI=1S/2C18H16N2.C2H3N.Ru/c2*1-13-8-6-7-11-16(13)18-14(2)17(19-12-20-18)15-9-4-3-5-10-15;1-2-3;/h2*3-12H,1-2H3;1H3;/q;;;+3. The molecule has 0 atom stereocenters. The van der Waals surface area contributed by atoms with Crippen molar-refractivity contribution in [1.29, 1.82) is 5.26 Å². The third kappa shape index (κ3) is 8.16. The van der Waals surface area contributed by atoms with Gasteiger partial charge < -0.3 is 0 Å². The Kier molecular flexibility index (Phi) is 12.8. The molecule has 0 unspecified atom stereocenters. The van der Waals surface area contributed by atoms with Crippen molar-refractivity contribution in [1.82, 2.24) is 19.9 Å². The van der Waals surface area contributed by atoms with E-state index >= 15 is 0 Å². The van der Waals surface area contributed by atoms with Gasteiger partial charge in [0.15, 0.2) is 0 Å². The summed E-state index contributed by atoms with van der Waals surface area (Å²) in [4.78, 5) is 17.9. The van der Waals surface area contributed by atoms with Gasteiger partial charge in [-0.3, -0.25) is 0 Å². The Hall–Kier alpha value is -4.85. The molecule has 0 aliphatic rings. The van der Waals surface area contributed by atoms with Crippen LogP contribution in [0.25, 0.3) is 45.0 Å². The first-order valence-corrected chi connectivity index (χ1v) is 14.1. The Bertz CT molecular complexity index is 1700. The van der Waals surface area contributed by atoms with Crippen LogP contribution in [0.2, 0.25) is 0 Å². The van der Waals surface area contributed by atoms with Crippen LogP contribution in [0.15, 0.2) is 122 Å². The van der Waals surface area contributed by atoms with Crippen molar-refractivity contribution in [2.45, 2.75) is 34.6 Å². The van der Waals surface area contributed by atoms with Crippen LogP contribution in [-0.4, -0.2) is 19.9 Å². The van der Waals surface area contributed by atoms with Gasteiger partial charge in [0, 0.05) is 40.3 Å². The van der Waals surface area contributed by atoms with Crippen LogP contribution in [0.5, 0.6) is 0 Å². The molecular formula is C38H35N5Ru+3. The van der Waals surface area contributed by atoms with Crippen LogP contribution in [0.1, 0.15) is 29.2 Å². The smallest absolute Gasteiger partial charge is 0.236 e. The van der Waals surface area contributed by atoms with Gasteiger partial charge in [0.25, 0.3) is 0 Å². The van der Waals surface area contributed by atoms with Crippen LogP contribution < -0.4 is 0 Å². The first-order chi connectivity index (χ1) is 21.0. The van der Waals surface area contributed by atoms with E-state index in [9.17, 15) is 0 Å². The number of aryl methyl sites for hydroxylation is 2. The number of nitriles is 1. The average molecular weight is 663 g/mol. The molecule has 4 aromatic carbocycles. The van der Waals surface area contributed by atoms with Crippen molar-refractivity contribution in [3.63, 3.8) is 0 Å². The maximum atomic E-state index is 7.32. The van der Waals surface area contributed by atoms with Gasteiger partial charge in [0.2, 0.25) is 0 Å². The zero-order chi connectivity index (χ0) is 30.6. The molecule has 2 heterocycles. The number of hydrogen-bond acceptors (Lipinski definition) is 5. The summed E-state index contributed by atoms with van der Waals surface area (Å²) in [6.07, 6.45) is 3.30. The monoisotopic (exact) mass is 663 g/mol. The minimum Gasteiger partial charge on any atom is -0.236 e. The summed E-state index contributed by atoms with van der Waals surface area (Å²) in [7, 11) is 0. The van der Waals surface area contributed by atoms with E-state index in [-0.39, 0.29) is 19.5 Å². The summed E-state index contributed by atoms with van der Waals surface area (Å²) in [6, 6.07) is 38.9. The molecule has 217 valence electrons. The molecule has 0 aliphatic heterocycles. The first-order valence-electron chi connectivity index (χ1n) is 14.1. The average Bonchev–Trinajstić information content (AvgIpc) is 3.04. The SMILES string of the molecule is CC#N.Cc1ccccc1-c1ncnc(-c2ccccc2)c1C.Cc1ccccc1-c1ncnc(-c2ccccc2)c1C.[Ru+3]. The van der Waals surface area contributed by atoms with E-state index < -0.39 is 0 Å². The van der Waals surface area contributed by atoms with Gasteiger partial charge in [-0.15, -0.1) is 0 Å². The number of rotatable bonds is 4.